The lowest BCUT2D eigenvalue weighted by atomic mass is 9.99. The van der Waals surface area contributed by atoms with Crippen molar-refractivity contribution in [2.45, 2.75) is 31.9 Å². The summed E-state index contributed by atoms with van der Waals surface area (Å²) in [5.74, 6) is 0. The van der Waals surface area contributed by atoms with Crippen molar-refractivity contribution in [1.29, 1.82) is 0 Å². The Kier molecular flexibility index (Phi) is 5.06. The van der Waals surface area contributed by atoms with Gasteiger partial charge in [0, 0.05) is 9.50 Å². The van der Waals surface area contributed by atoms with Crippen molar-refractivity contribution in [3.05, 3.63) is 33.3 Å². The lowest BCUT2D eigenvalue weighted by Crippen LogP contribution is -2.26. The first-order valence-corrected chi connectivity index (χ1v) is 6.12. The lowest BCUT2D eigenvalue weighted by molar-refractivity contribution is 0.134. The highest BCUT2D eigenvalue weighted by Crippen LogP contribution is 2.28. The summed E-state index contributed by atoms with van der Waals surface area (Å²) >= 11 is 9.38. The Bertz CT molecular complexity index is 332. The summed E-state index contributed by atoms with van der Waals surface area (Å²) in [6, 6.07) is 5.06. The molecule has 15 heavy (non-hydrogen) atoms. The molecule has 3 N–H and O–H groups in total. The number of hydrogen-bond acceptors (Lipinski definition) is 2. The molecule has 0 amide bonds. The zero-order chi connectivity index (χ0) is 11.4. The fraction of sp³-hybridized carbons (Fsp3) is 0.455. The van der Waals surface area contributed by atoms with Crippen LogP contribution in [-0.4, -0.2) is 11.2 Å². The van der Waals surface area contributed by atoms with Gasteiger partial charge in [0.15, 0.2) is 0 Å². The Labute approximate surface area is 104 Å². The molecule has 0 fully saturated rings. The van der Waals surface area contributed by atoms with E-state index in [0.29, 0.717) is 11.4 Å². The molecule has 0 aliphatic rings. The van der Waals surface area contributed by atoms with E-state index < -0.39 is 12.1 Å². The number of nitrogens with two attached hydrogens (primary N) is 1. The molecular weight excluding hydrogens is 277 g/mol. The minimum absolute atomic E-state index is 0.421. The Morgan fingerprint density at radius 3 is 2.80 bits per heavy atom. The maximum absolute atomic E-state index is 9.79. The second-order valence-corrected chi connectivity index (χ2v) is 4.87. The first-order valence-electron chi connectivity index (χ1n) is 4.94. The largest absolute Gasteiger partial charge is 0.391 e. The smallest absolute Gasteiger partial charge is 0.0733 e. The molecular formula is C11H15BrClNO. The minimum atomic E-state index is -0.540. The van der Waals surface area contributed by atoms with Crippen molar-refractivity contribution < 1.29 is 5.11 Å². The van der Waals surface area contributed by atoms with Gasteiger partial charge in [0.25, 0.3) is 0 Å². The molecule has 1 aromatic carbocycles. The molecule has 0 bridgehead atoms. The second-order valence-electron chi connectivity index (χ2n) is 3.55. The first kappa shape index (κ1) is 13.0. The maximum Gasteiger partial charge on any atom is 0.0733 e. The van der Waals surface area contributed by atoms with Gasteiger partial charge in [-0.05, 0) is 30.2 Å². The molecule has 4 heteroatoms. The monoisotopic (exact) mass is 291 g/mol. The molecule has 0 heterocycles. The summed E-state index contributed by atoms with van der Waals surface area (Å²) in [5, 5.41) is 10.4. The Morgan fingerprint density at radius 2 is 2.20 bits per heavy atom. The highest BCUT2D eigenvalue weighted by Gasteiger charge is 2.18. The second kappa shape index (κ2) is 5.85. The van der Waals surface area contributed by atoms with Gasteiger partial charge in [-0.1, -0.05) is 40.9 Å². The highest BCUT2D eigenvalue weighted by molar-refractivity contribution is 9.10. The lowest BCUT2D eigenvalue weighted by Gasteiger charge is -2.19. The molecule has 0 aromatic heterocycles. The highest BCUT2D eigenvalue weighted by atomic mass is 79.9. The molecule has 2 nitrogen and oxygen atoms in total. The number of rotatable bonds is 4. The quantitative estimate of drug-likeness (QED) is 0.895. The molecule has 0 saturated heterocycles. The fourth-order valence-electron chi connectivity index (χ4n) is 1.45. The third-order valence-corrected chi connectivity index (χ3v) is 3.15. The number of benzene rings is 1. The van der Waals surface area contributed by atoms with E-state index >= 15 is 0 Å². The molecule has 84 valence electrons. The third-order valence-electron chi connectivity index (χ3n) is 2.32. The van der Waals surface area contributed by atoms with E-state index in [4.69, 9.17) is 17.3 Å². The van der Waals surface area contributed by atoms with E-state index in [9.17, 15) is 5.11 Å². The van der Waals surface area contributed by atoms with Crippen molar-refractivity contribution in [3.8, 4) is 0 Å². The van der Waals surface area contributed by atoms with Gasteiger partial charge in [0.05, 0.1) is 12.1 Å². The fourth-order valence-corrected chi connectivity index (χ4v) is 2.07. The molecule has 0 aliphatic heterocycles. The first-order chi connectivity index (χ1) is 7.06. The van der Waals surface area contributed by atoms with E-state index in [1.165, 1.54) is 0 Å². The third kappa shape index (κ3) is 3.45. The van der Waals surface area contributed by atoms with E-state index in [0.717, 1.165) is 16.5 Å². The van der Waals surface area contributed by atoms with Crippen LogP contribution in [0.1, 0.15) is 31.4 Å². The predicted octanol–water partition coefficient (Wildman–Crippen LogP) is 3.26. The average molecular weight is 293 g/mol. The number of aliphatic hydroxyl groups is 1. The van der Waals surface area contributed by atoms with Crippen LogP contribution in [0.3, 0.4) is 0 Å². The Balaban J connectivity index is 2.89. The van der Waals surface area contributed by atoms with Gasteiger partial charge in [-0.15, -0.1) is 0 Å². The molecule has 0 saturated carbocycles. The van der Waals surface area contributed by atoms with Crippen LogP contribution >= 0.6 is 27.5 Å². The van der Waals surface area contributed by atoms with Gasteiger partial charge >= 0.3 is 0 Å². The molecule has 2 atom stereocenters. The predicted molar refractivity (Wildman–Crippen MR) is 67.0 cm³/mol. The van der Waals surface area contributed by atoms with Gasteiger partial charge in [0.2, 0.25) is 0 Å². The SMILES string of the molecule is CCC[C@H](O)[C@H](N)c1cc(Br)ccc1Cl. The van der Waals surface area contributed by atoms with Crippen LogP contribution in [0.15, 0.2) is 22.7 Å². The topological polar surface area (TPSA) is 46.2 Å². The Hall–Kier alpha value is -0.0900. The molecule has 1 aromatic rings. The van der Waals surface area contributed by atoms with Gasteiger partial charge in [-0.25, -0.2) is 0 Å². The van der Waals surface area contributed by atoms with Crippen molar-refractivity contribution in [2.24, 2.45) is 5.73 Å². The van der Waals surface area contributed by atoms with Crippen LogP contribution in [0, 0.1) is 0 Å². The van der Waals surface area contributed by atoms with Crippen LogP contribution in [0.4, 0.5) is 0 Å². The minimum Gasteiger partial charge on any atom is -0.391 e. The molecule has 0 unspecified atom stereocenters. The summed E-state index contributed by atoms with van der Waals surface area (Å²) in [4.78, 5) is 0. The number of hydrogen-bond donors (Lipinski definition) is 2. The van der Waals surface area contributed by atoms with Crippen molar-refractivity contribution in [2.75, 3.05) is 0 Å². The van der Waals surface area contributed by atoms with E-state index in [2.05, 4.69) is 15.9 Å². The summed E-state index contributed by atoms with van der Waals surface area (Å²) in [6.45, 7) is 2.01. The standard InChI is InChI=1S/C11H15BrClNO/c1-2-3-10(15)11(14)8-6-7(12)4-5-9(8)13/h4-6,10-11,15H,2-3,14H2,1H3/t10-,11+/m0/s1. The summed E-state index contributed by atoms with van der Waals surface area (Å²) in [5.41, 5.74) is 6.72. The van der Waals surface area contributed by atoms with E-state index in [1.807, 2.05) is 19.1 Å². The van der Waals surface area contributed by atoms with Gasteiger partial charge < -0.3 is 10.8 Å². The van der Waals surface area contributed by atoms with Crippen LogP contribution in [0.5, 0.6) is 0 Å². The number of aliphatic hydroxyl groups excluding tert-OH is 1. The van der Waals surface area contributed by atoms with Gasteiger partial charge in [0.1, 0.15) is 0 Å². The van der Waals surface area contributed by atoms with Crippen LogP contribution in [0.25, 0.3) is 0 Å². The Morgan fingerprint density at radius 1 is 1.53 bits per heavy atom. The molecule has 0 radical (unpaired) electrons. The summed E-state index contributed by atoms with van der Waals surface area (Å²) in [7, 11) is 0. The van der Waals surface area contributed by atoms with E-state index in [-0.39, 0.29) is 0 Å². The summed E-state index contributed by atoms with van der Waals surface area (Å²) in [6.07, 6.45) is 1.05. The average Bonchev–Trinajstić information content (AvgIpc) is 2.21. The normalized spacial score (nSPS) is 15.0. The molecule has 1 rings (SSSR count). The molecule has 0 aliphatic carbocycles. The zero-order valence-corrected chi connectivity index (χ0v) is 10.9. The van der Waals surface area contributed by atoms with Gasteiger partial charge in [-0.2, -0.15) is 0 Å². The number of halogens is 2. The van der Waals surface area contributed by atoms with Crippen molar-refractivity contribution in [1.82, 2.24) is 0 Å². The zero-order valence-electron chi connectivity index (χ0n) is 8.58. The van der Waals surface area contributed by atoms with Crippen molar-refractivity contribution >= 4 is 27.5 Å². The van der Waals surface area contributed by atoms with E-state index in [1.54, 1.807) is 6.07 Å². The van der Waals surface area contributed by atoms with Crippen molar-refractivity contribution in [3.63, 3.8) is 0 Å². The van der Waals surface area contributed by atoms with Crippen LogP contribution in [0.2, 0.25) is 5.02 Å². The van der Waals surface area contributed by atoms with Crippen LogP contribution in [-0.2, 0) is 0 Å². The van der Waals surface area contributed by atoms with Crippen LogP contribution < -0.4 is 5.73 Å². The van der Waals surface area contributed by atoms with Gasteiger partial charge in [-0.3, -0.25) is 0 Å². The molecule has 0 spiro atoms. The summed E-state index contributed by atoms with van der Waals surface area (Å²) < 4.78 is 0.918. The maximum atomic E-state index is 9.79.